The third kappa shape index (κ3) is 3.55. The second-order valence-electron chi connectivity index (χ2n) is 5.37. The highest BCUT2D eigenvalue weighted by atomic mass is 35.5. The number of methoxy groups -OCH3 is 1. The van der Waals surface area contributed by atoms with Crippen molar-refractivity contribution in [3.05, 3.63) is 63.9 Å². The quantitative estimate of drug-likeness (QED) is 0.915. The maximum atomic E-state index is 13.7. The van der Waals surface area contributed by atoms with Crippen LogP contribution >= 0.6 is 11.6 Å². The number of benzene rings is 2. The number of rotatable bonds is 4. The van der Waals surface area contributed by atoms with Crippen LogP contribution in [0.5, 0.6) is 5.75 Å². The summed E-state index contributed by atoms with van der Waals surface area (Å²) in [6.45, 7) is 3.34. The molecule has 0 aliphatic carbocycles. The maximum Gasteiger partial charge on any atom is 0.126 e. The highest BCUT2D eigenvalue weighted by Crippen LogP contribution is 2.32. The molecule has 4 heteroatoms. The smallest absolute Gasteiger partial charge is 0.126 e. The number of halogens is 2. The minimum absolute atomic E-state index is 0.277. The predicted molar refractivity (Wildman–Crippen MR) is 82.4 cm³/mol. The van der Waals surface area contributed by atoms with Crippen molar-refractivity contribution in [1.82, 2.24) is 0 Å². The number of aliphatic hydroxyl groups is 1. The van der Waals surface area contributed by atoms with Crippen LogP contribution in [0.15, 0.2) is 36.4 Å². The molecule has 0 saturated heterocycles. The van der Waals surface area contributed by atoms with E-state index in [9.17, 15) is 9.50 Å². The van der Waals surface area contributed by atoms with Crippen molar-refractivity contribution in [2.45, 2.75) is 25.9 Å². The van der Waals surface area contributed by atoms with Crippen LogP contribution in [-0.4, -0.2) is 12.2 Å². The molecule has 112 valence electrons. The van der Waals surface area contributed by atoms with Crippen LogP contribution in [0, 0.1) is 12.7 Å². The fourth-order valence-electron chi connectivity index (χ4n) is 2.29. The first-order valence-corrected chi connectivity index (χ1v) is 7.03. The summed E-state index contributed by atoms with van der Waals surface area (Å²) < 4.78 is 19.0. The van der Waals surface area contributed by atoms with Crippen LogP contribution in [0.2, 0.25) is 5.02 Å². The van der Waals surface area contributed by atoms with Gasteiger partial charge in [-0.05, 0) is 54.8 Å². The number of aryl methyl sites for hydroxylation is 1. The minimum atomic E-state index is -1.22. The van der Waals surface area contributed by atoms with Crippen molar-refractivity contribution in [3.8, 4) is 5.75 Å². The van der Waals surface area contributed by atoms with Gasteiger partial charge in [-0.1, -0.05) is 23.7 Å². The molecule has 2 nitrogen and oxygen atoms in total. The summed E-state index contributed by atoms with van der Waals surface area (Å²) in [7, 11) is 1.56. The van der Waals surface area contributed by atoms with Crippen LogP contribution < -0.4 is 4.74 Å². The van der Waals surface area contributed by atoms with Gasteiger partial charge in [-0.15, -0.1) is 0 Å². The van der Waals surface area contributed by atoms with E-state index in [0.717, 1.165) is 5.56 Å². The van der Waals surface area contributed by atoms with Crippen LogP contribution in [0.4, 0.5) is 4.39 Å². The maximum absolute atomic E-state index is 13.7. The second-order valence-corrected chi connectivity index (χ2v) is 5.81. The molecule has 0 aliphatic heterocycles. The predicted octanol–water partition coefficient (Wildman–Crippen LogP) is 4.25. The van der Waals surface area contributed by atoms with E-state index in [1.807, 2.05) is 0 Å². The molecule has 0 fully saturated rings. The zero-order valence-corrected chi connectivity index (χ0v) is 13.0. The molecule has 2 aromatic carbocycles. The summed E-state index contributed by atoms with van der Waals surface area (Å²) in [5.74, 6) is 0.318. The average Bonchev–Trinajstić information content (AvgIpc) is 2.41. The molecule has 21 heavy (non-hydrogen) atoms. The Morgan fingerprint density at radius 2 is 1.95 bits per heavy atom. The lowest BCUT2D eigenvalue weighted by Gasteiger charge is -2.25. The standard InChI is InChI=1S/C17H18ClFO2/c1-11-4-5-13(9-15(11)19)17(2,20)10-12-8-14(18)6-7-16(12)21-3/h4-9,20H,10H2,1-3H3. The molecule has 2 rings (SSSR count). The Bertz CT molecular complexity index is 653. The third-order valence-electron chi connectivity index (χ3n) is 3.57. The molecule has 2 aromatic rings. The van der Waals surface area contributed by atoms with Gasteiger partial charge in [-0.3, -0.25) is 0 Å². The molecule has 0 radical (unpaired) electrons. The Morgan fingerprint density at radius 3 is 2.57 bits per heavy atom. The zero-order chi connectivity index (χ0) is 15.6. The molecule has 0 bridgehead atoms. The first-order chi connectivity index (χ1) is 9.83. The monoisotopic (exact) mass is 308 g/mol. The van der Waals surface area contributed by atoms with Crippen LogP contribution in [-0.2, 0) is 12.0 Å². The topological polar surface area (TPSA) is 29.5 Å². The van der Waals surface area contributed by atoms with Crippen molar-refractivity contribution in [2.24, 2.45) is 0 Å². The van der Waals surface area contributed by atoms with Crippen molar-refractivity contribution >= 4 is 11.6 Å². The lowest BCUT2D eigenvalue weighted by Crippen LogP contribution is -2.24. The Hall–Kier alpha value is -1.58. The van der Waals surface area contributed by atoms with Crippen LogP contribution in [0.25, 0.3) is 0 Å². The van der Waals surface area contributed by atoms with Crippen molar-refractivity contribution < 1.29 is 14.2 Å². The summed E-state index contributed by atoms with van der Waals surface area (Å²) in [5.41, 5.74) is 0.630. The van der Waals surface area contributed by atoms with E-state index in [2.05, 4.69) is 0 Å². The van der Waals surface area contributed by atoms with E-state index in [1.165, 1.54) is 6.07 Å². The minimum Gasteiger partial charge on any atom is -0.496 e. The number of ether oxygens (including phenoxy) is 1. The van der Waals surface area contributed by atoms with Crippen molar-refractivity contribution in [1.29, 1.82) is 0 Å². The Kier molecular flexibility index (Phi) is 4.55. The van der Waals surface area contributed by atoms with Gasteiger partial charge in [-0.25, -0.2) is 4.39 Å². The molecule has 1 atom stereocenters. The fraction of sp³-hybridized carbons (Fsp3) is 0.294. The van der Waals surface area contributed by atoms with E-state index in [1.54, 1.807) is 51.3 Å². The van der Waals surface area contributed by atoms with Gasteiger partial charge in [0.2, 0.25) is 0 Å². The van der Waals surface area contributed by atoms with Gasteiger partial charge in [0.1, 0.15) is 11.6 Å². The second kappa shape index (κ2) is 6.04. The van der Waals surface area contributed by atoms with Crippen LogP contribution in [0.1, 0.15) is 23.6 Å². The largest absolute Gasteiger partial charge is 0.496 e. The van der Waals surface area contributed by atoms with E-state index in [-0.39, 0.29) is 12.2 Å². The average molecular weight is 309 g/mol. The third-order valence-corrected chi connectivity index (χ3v) is 3.81. The molecule has 0 spiro atoms. The van der Waals surface area contributed by atoms with E-state index >= 15 is 0 Å². The highest BCUT2D eigenvalue weighted by Gasteiger charge is 2.26. The lowest BCUT2D eigenvalue weighted by atomic mass is 9.88. The Labute approximate surface area is 129 Å². The van der Waals surface area contributed by atoms with Gasteiger partial charge in [0, 0.05) is 11.4 Å². The van der Waals surface area contributed by atoms with Gasteiger partial charge in [0.25, 0.3) is 0 Å². The van der Waals surface area contributed by atoms with Gasteiger partial charge < -0.3 is 9.84 Å². The summed E-state index contributed by atoms with van der Waals surface area (Å²) in [6, 6.07) is 9.99. The molecular formula is C17H18ClFO2. The fourth-order valence-corrected chi connectivity index (χ4v) is 2.48. The van der Waals surface area contributed by atoms with Crippen molar-refractivity contribution in [2.75, 3.05) is 7.11 Å². The lowest BCUT2D eigenvalue weighted by molar-refractivity contribution is 0.0566. The number of hydrogen-bond donors (Lipinski definition) is 1. The Morgan fingerprint density at radius 1 is 1.24 bits per heavy atom. The number of hydrogen-bond acceptors (Lipinski definition) is 2. The Balaban J connectivity index is 2.36. The summed E-state index contributed by atoms with van der Waals surface area (Å²) in [5, 5.41) is 11.3. The van der Waals surface area contributed by atoms with Crippen molar-refractivity contribution in [3.63, 3.8) is 0 Å². The molecule has 0 heterocycles. The SMILES string of the molecule is COc1ccc(Cl)cc1CC(C)(O)c1ccc(C)c(F)c1. The molecule has 0 saturated carbocycles. The first kappa shape index (κ1) is 15.8. The summed E-state index contributed by atoms with van der Waals surface area (Å²) in [4.78, 5) is 0. The molecule has 0 amide bonds. The van der Waals surface area contributed by atoms with Gasteiger partial charge in [0.15, 0.2) is 0 Å². The molecule has 1 unspecified atom stereocenters. The van der Waals surface area contributed by atoms with Gasteiger partial charge in [0.05, 0.1) is 12.7 Å². The molecular weight excluding hydrogens is 291 g/mol. The van der Waals surface area contributed by atoms with Gasteiger partial charge >= 0.3 is 0 Å². The zero-order valence-electron chi connectivity index (χ0n) is 12.3. The summed E-state index contributed by atoms with van der Waals surface area (Å²) in [6.07, 6.45) is 0.277. The summed E-state index contributed by atoms with van der Waals surface area (Å²) >= 11 is 6.00. The van der Waals surface area contributed by atoms with Crippen LogP contribution in [0.3, 0.4) is 0 Å². The molecule has 0 aliphatic rings. The van der Waals surface area contributed by atoms with Gasteiger partial charge in [-0.2, -0.15) is 0 Å². The molecule has 1 N–H and O–H groups in total. The van der Waals surface area contributed by atoms with E-state index in [0.29, 0.717) is 21.9 Å². The van der Waals surface area contributed by atoms with E-state index < -0.39 is 5.60 Å². The van der Waals surface area contributed by atoms with E-state index in [4.69, 9.17) is 16.3 Å². The first-order valence-electron chi connectivity index (χ1n) is 6.65. The normalized spacial score (nSPS) is 13.8. The highest BCUT2D eigenvalue weighted by molar-refractivity contribution is 6.30. The molecule has 0 aromatic heterocycles.